The van der Waals surface area contributed by atoms with Crippen molar-refractivity contribution in [2.75, 3.05) is 0 Å². The van der Waals surface area contributed by atoms with Crippen LogP contribution >= 0.6 is 15.9 Å². The molecule has 1 atom stereocenters. The second-order valence-corrected chi connectivity index (χ2v) is 5.39. The summed E-state index contributed by atoms with van der Waals surface area (Å²) in [5, 5.41) is 0. The molecule has 2 saturated carbocycles. The topological polar surface area (TPSA) is 0 Å². The van der Waals surface area contributed by atoms with Gasteiger partial charge in [-0.3, -0.25) is 0 Å². The minimum atomic E-state index is 0.748. The Morgan fingerprint density at radius 1 is 0.909 bits per heavy atom. The van der Waals surface area contributed by atoms with Crippen LogP contribution in [0.3, 0.4) is 0 Å². The van der Waals surface area contributed by atoms with E-state index in [1.807, 2.05) is 0 Å². The maximum absolute atomic E-state index is 3.86. The molecular weight excluding hydrogens is 200 g/mol. The molecule has 0 aliphatic heterocycles. The second kappa shape index (κ2) is 3.08. The molecule has 64 valence electrons. The van der Waals surface area contributed by atoms with Crippen molar-refractivity contribution in [2.45, 2.75) is 56.2 Å². The van der Waals surface area contributed by atoms with Gasteiger partial charge in [0.05, 0.1) is 0 Å². The van der Waals surface area contributed by atoms with Gasteiger partial charge in [-0.15, -0.1) is 0 Å². The van der Waals surface area contributed by atoms with Crippen LogP contribution in [0.5, 0.6) is 0 Å². The molecule has 0 aromatic carbocycles. The van der Waals surface area contributed by atoms with Crippen molar-refractivity contribution < 1.29 is 0 Å². The Balaban J connectivity index is 2.06. The highest BCUT2D eigenvalue weighted by atomic mass is 79.9. The summed E-state index contributed by atoms with van der Waals surface area (Å²) >= 11 is 3.86. The number of rotatable bonds is 0. The Morgan fingerprint density at radius 3 is 2.09 bits per heavy atom. The highest BCUT2D eigenvalue weighted by Gasteiger charge is 2.41. The zero-order valence-electron chi connectivity index (χ0n) is 7.11. The average molecular weight is 217 g/mol. The molecule has 0 N–H and O–H groups in total. The van der Waals surface area contributed by atoms with Crippen LogP contribution in [-0.2, 0) is 0 Å². The van der Waals surface area contributed by atoms with Gasteiger partial charge in [0.15, 0.2) is 0 Å². The van der Waals surface area contributed by atoms with Crippen LogP contribution in [0.15, 0.2) is 0 Å². The first-order valence-electron chi connectivity index (χ1n) is 4.98. The minimum Gasteiger partial charge on any atom is -0.0885 e. The highest BCUT2D eigenvalue weighted by molar-refractivity contribution is 9.09. The van der Waals surface area contributed by atoms with Gasteiger partial charge in [-0.1, -0.05) is 41.6 Å². The van der Waals surface area contributed by atoms with Crippen LogP contribution in [0.2, 0.25) is 0 Å². The van der Waals surface area contributed by atoms with Gasteiger partial charge in [0.1, 0.15) is 0 Å². The van der Waals surface area contributed by atoms with Gasteiger partial charge < -0.3 is 0 Å². The fourth-order valence-corrected chi connectivity index (χ4v) is 3.93. The number of hydrogen-bond acceptors (Lipinski definition) is 0. The van der Waals surface area contributed by atoms with Crippen LogP contribution < -0.4 is 0 Å². The summed E-state index contributed by atoms with van der Waals surface area (Å²) < 4.78 is 0. The third-order valence-corrected chi connectivity index (χ3v) is 5.08. The number of alkyl halides is 1. The lowest BCUT2D eigenvalue weighted by atomic mass is 9.73. The summed E-state index contributed by atoms with van der Waals surface area (Å²) in [6.07, 6.45) is 11.9. The van der Waals surface area contributed by atoms with Crippen molar-refractivity contribution in [3.63, 3.8) is 0 Å². The van der Waals surface area contributed by atoms with E-state index in [0.717, 1.165) is 10.2 Å². The molecular formula is C10H17Br. The van der Waals surface area contributed by atoms with E-state index >= 15 is 0 Å². The molecule has 0 heterocycles. The molecule has 0 amide bonds. The maximum Gasteiger partial charge on any atom is 0.0202 e. The van der Waals surface area contributed by atoms with E-state index in [0.29, 0.717) is 0 Å². The van der Waals surface area contributed by atoms with Crippen molar-refractivity contribution in [3.05, 3.63) is 0 Å². The number of halogens is 1. The molecule has 1 heteroatoms. The summed E-state index contributed by atoms with van der Waals surface area (Å²) in [6.45, 7) is 0. The van der Waals surface area contributed by atoms with Crippen LogP contribution in [0.4, 0.5) is 0 Å². The van der Waals surface area contributed by atoms with E-state index in [9.17, 15) is 0 Å². The van der Waals surface area contributed by atoms with E-state index in [2.05, 4.69) is 15.9 Å². The van der Waals surface area contributed by atoms with Gasteiger partial charge in [0.25, 0.3) is 0 Å². The van der Waals surface area contributed by atoms with Crippen molar-refractivity contribution in [1.82, 2.24) is 0 Å². The van der Waals surface area contributed by atoms with Crippen LogP contribution in [0.25, 0.3) is 0 Å². The SMILES string of the molecule is BrC1CCCC12CCCCC2. The molecule has 2 rings (SSSR count). The van der Waals surface area contributed by atoms with E-state index < -0.39 is 0 Å². The molecule has 2 fully saturated rings. The first-order valence-corrected chi connectivity index (χ1v) is 5.89. The normalized spacial score (nSPS) is 36.3. The Morgan fingerprint density at radius 2 is 1.55 bits per heavy atom. The van der Waals surface area contributed by atoms with Gasteiger partial charge in [0, 0.05) is 4.83 Å². The third-order valence-electron chi connectivity index (χ3n) is 3.65. The molecule has 2 aliphatic rings. The van der Waals surface area contributed by atoms with Gasteiger partial charge >= 0.3 is 0 Å². The van der Waals surface area contributed by atoms with Gasteiger partial charge in [-0.25, -0.2) is 0 Å². The average Bonchev–Trinajstić information content (AvgIpc) is 2.36. The monoisotopic (exact) mass is 216 g/mol. The maximum atomic E-state index is 3.86. The molecule has 2 aliphatic carbocycles. The molecule has 0 radical (unpaired) electrons. The van der Waals surface area contributed by atoms with E-state index in [-0.39, 0.29) is 0 Å². The number of hydrogen-bond donors (Lipinski definition) is 0. The van der Waals surface area contributed by atoms with Crippen LogP contribution in [-0.4, -0.2) is 4.83 Å². The van der Waals surface area contributed by atoms with E-state index in [1.54, 1.807) is 0 Å². The van der Waals surface area contributed by atoms with Crippen molar-refractivity contribution in [3.8, 4) is 0 Å². The predicted octanol–water partition coefficient (Wildman–Crippen LogP) is 3.88. The second-order valence-electron chi connectivity index (χ2n) is 4.28. The van der Waals surface area contributed by atoms with Gasteiger partial charge in [-0.2, -0.15) is 0 Å². The fourth-order valence-electron chi connectivity index (χ4n) is 2.92. The van der Waals surface area contributed by atoms with Crippen molar-refractivity contribution in [2.24, 2.45) is 5.41 Å². The molecule has 0 aromatic heterocycles. The lowest BCUT2D eigenvalue weighted by molar-refractivity contribution is 0.206. The van der Waals surface area contributed by atoms with Crippen LogP contribution in [0.1, 0.15) is 51.4 Å². The summed E-state index contributed by atoms with van der Waals surface area (Å²) in [4.78, 5) is 0.857. The zero-order valence-corrected chi connectivity index (χ0v) is 8.70. The Kier molecular flexibility index (Phi) is 2.27. The van der Waals surface area contributed by atoms with E-state index in [4.69, 9.17) is 0 Å². The third kappa shape index (κ3) is 1.37. The lowest BCUT2D eigenvalue weighted by Crippen LogP contribution is -2.28. The molecule has 0 nitrogen and oxygen atoms in total. The fraction of sp³-hybridized carbons (Fsp3) is 1.00. The summed E-state index contributed by atoms with van der Waals surface area (Å²) in [6, 6.07) is 0. The van der Waals surface area contributed by atoms with Crippen molar-refractivity contribution >= 4 is 15.9 Å². The Hall–Kier alpha value is 0.480. The van der Waals surface area contributed by atoms with Gasteiger partial charge in [0.2, 0.25) is 0 Å². The molecule has 0 aromatic rings. The van der Waals surface area contributed by atoms with Crippen molar-refractivity contribution in [1.29, 1.82) is 0 Å². The standard InChI is InChI=1S/C10H17Br/c11-9-5-4-8-10(9)6-2-1-3-7-10/h9H,1-8H2. The quantitative estimate of drug-likeness (QED) is 0.540. The van der Waals surface area contributed by atoms with Gasteiger partial charge in [-0.05, 0) is 31.1 Å². The summed E-state index contributed by atoms with van der Waals surface area (Å²) in [5.74, 6) is 0. The first kappa shape index (κ1) is 8.10. The molecule has 0 bridgehead atoms. The molecule has 11 heavy (non-hydrogen) atoms. The summed E-state index contributed by atoms with van der Waals surface area (Å²) in [7, 11) is 0. The smallest absolute Gasteiger partial charge is 0.0202 e. The largest absolute Gasteiger partial charge is 0.0885 e. The summed E-state index contributed by atoms with van der Waals surface area (Å²) in [5.41, 5.74) is 0.748. The predicted molar refractivity (Wildman–Crippen MR) is 52.1 cm³/mol. The molecule has 1 unspecified atom stereocenters. The molecule has 1 spiro atoms. The minimum absolute atomic E-state index is 0.748. The molecule has 0 saturated heterocycles. The first-order chi connectivity index (χ1) is 5.33. The Bertz CT molecular complexity index is 136. The lowest BCUT2D eigenvalue weighted by Gasteiger charge is -2.36. The highest BCUT2D eigenvalue weighted by Crippen LogP contribution is 2.51. The zero-order chi connectivity index (χ0) is 7.73. The van der Waals surface area contributed by atoms with E-state index in [1.165, 1.54) is 51.4 Å². The van der Waals surface area contributed by atoms with Crippen LogP contribution in [0, 0.1) is 5.41 Å². The Labute approximate surface area is 77.9 Å².